The maximum atomic E-state index is 11.9. The average molecular weight is 248 g/mol. The second kappa shape index (κ2) is 6.40. The predicted molar refractivity (Wildman–Crippen MR) is 71.0 cm³/mol. The van der Waals surface area contributed by atoms with Crippen LogP contribution in [0.2, 0.25) is 0 Å². The Morgan fingerprint density at radius 1 is 1.56 bits per heavy atom. The lowest BCUT2D eigenvalue weighted by molar-refractivity contribution is -0.127. The van der Waals surface area contributed by atoms with Crippen molar-refractivity contribution in [3.63, 3.8) is 0 Å². The van der Waals surface area contributed by atoms with E-state index in [9.17, 15) is 4.79 Å². The molecule has 0 bridgehead atoms. The zero-order valence-corrected chi connectivity index (χ0v) is 10.8. The van der Waals surface area contributed by atoms with Crippen LogP contribution in [0.3, 0.4) is 0 Å². The van der Waals surface area contributed by atoms with Gasteiger partial charge in [-0.3, -0.25) is 4.79 Å². The van der Waals surface area contributed by atoms with Crippen LogP contribution < -0.4 is 5.32 Å². The highest BCUT2D eigenvalue weighted by atomic mass is 16.3. The van der Waals surface area contributed by atoms with Gasteiger partial charge in [-0.2, -0.15) is 0 Å². The number of carbonyl (C=O) groups excluding carboxylic acids is 1. The first kappa shape index (κ1) is 12.9. The van der Waals surface area contributed by atoms with Crippen molar-refractivity contribution in [2.75, 3.05) is 26.7 Å². The molecule has 1 aromatic heterocycles. The quantitative estimate of drug-likeness (QED) is 0.826. The monoisotopic (exact) mass is 248 g/mol. The van der Waals surface area contributed by atoms with Gasteiger partial charge in [-0.15, -0.1) is 0 Å². The molecule has 1 saturated heterocycles. The molecule has 0 aromatic carbocycles. The molecule has 4 heteroatoms. The van der Waals surface area contributed by atoms with Gasteiger partial charge in [0.2, 0.25) is 5.91 Å². The summed E-state index contributed by atoms with van der Waals surface area (Å²) in [5.74, 6) is 1.50. The van der Waals surface area contributed by atoms with E-state index >= 15 is 0 Å². The van der Waals surface area contributed by atoms with E-state index in [4.69, 9.17) is 4.42 Å². The van der Waals surface area contributed by atoms with E-state index in [0.717, 1.165) is 32.5 Å². The lowest BCUT2D eigenvalue weighted by Gasteiger charge is -2.31. The van der Waals surface area contributed by atoms with Gasteiger partial charge in [0.05, 0.1) is 6.26 Å². The largest absolute Gasteiger partial charge is 0.465 e. The molecule has 4 nitrogen and oxygen atoms in total. The number of likely N-dealkylation sites (tertiary alicyclic amines) is 1. The van der Waals surface area contributed by atoms with Gasteiger partial charge in [0.25, 0.3) is 0 Å². The summed E-state index contributed by atoms with van der Waals surface area (Å²) in [6, 6.07) is 3.65. The normalized spacial score (nSPS) is 17.5. The molecule has 18 heavy (non-hydrogen) atoms. The summed E-state index contributed by atoms with van der Waals surface area (Å²) in [6.07, 6.45) is 7.09. The number of amides is 1. The maximum Gasteiger partial charge on any atom is 0.246 e. The summed E-state index contributed by atoms with van der Waals surface area (Å²) in [6.45, 7) is 2.76. The van der Waals surface area contributed by atoms with Crippen molar-refractivity contribution in [2.45, 2.75) is 12.8 Å². The number of piperidine rings is 1. The van der Waals surface area contributed by atoms with Crippen molar-refractivity contribution in [3.05, 3.63) is 30.2 Å². The Labute approximate surface area is 108 Å². The maximum absolute atomic E-state index is 11.9. The first-order valence-electron chi connectivity index (χ1n) is 6.44. The van der Waals surface area contributed by atoms with Crippen LogP contribution in [0.5, 0.6) is 0 Å². The number of nitrogens with one attached hydrogen (secondary N) is 1. The highest BCUT2D eigenvalue weighted by Gasteiger charge is 2.20. The number of hydrogen-bond acceptors (Lipinski definition) is 3. The molecule has 2 heterocycles. The van der Waals surface area contributed by atoms with Gasteiger partial charge in [0.1, 0.15) is 5.76 Å². The van der Waals surface area contributed by atoms with E-state index in [1.165, 1.54) is 0 Å². The molecule has 1 aliphatic heterocycles. The highest BCUT2D eigenvalue weighted by molar-refractivity contribution is 5.91. The zero-order chi connectivity index (χ0) is 12.8. The van der Waals surface area contributed by atoms with Gasteiger partial charge in [-0.25, -0.2) is 0 Å². The molecule has 1 amide bonds. The Morgan fingerprint density at radius 3 is 2.94 bits per heavy atom. The minimum absolute atomic E-state index is 0.0781. The van der Waals surface area contributed by atoms with Gasteiger partial charge in [0, 0.05) is 19.2 Å². The van der Waals surface area contributed by atoms with Crippen LogP contribution in [0.4, 0.5) is 0 Å². The van der Waals surface area contributed by atoms with E-state index in [0.29, 0.717) is 11.7 Å². The topological polar surface area (TPSA) is 45.5 Å². The second-order valence-corrected chi connectivity index (χ2v) is 4.68. The standard InChI is InChI=1S/C14H20N2O2/c1-15-11-12-6-8-16(9-7-12)14(17)5-4-13-3-2-10-18-13/h2-5,10,12,15H,6-9,11H2,1H3. The van der Waals surface area contributed by atoms with Crippen molar-refractivity contribution in [2.24, 2.45) is 5.92 Å². The molecule has 0 radical (unpaired) electrons. The minimum Gasteiger partial charge on any atom is -0.465 e. The molecule has 1 aliphatic rings. The van der Waals surface area contributed by atoms with Gasteiger partial charge in [0.15, 0.2) is 0 Å². The van der Waals surface area contributed by atoms with Crippen LogP contribution in [-0.4, -0.2) is 37.5 Å². The summed E-state index contributed by atoms with van der Waals surface area (Å²) < 4.78 is 5.15. The van der Waals surface area contributed by atoms with Crippen LogP contribution in [0.15, 0.2) is 28.9 Å². The van der Waals surface area contributed by atoms with Gasteiger partial charge < -0.3 is 14.6 Å². The van der Waals surface area contributed by atoms with Gasteiger partial charge in [-0.1, -0.05) is 0 Å². The lowest BCUT2D eigenvalue weighted by atomic mass is 9.97. The van der Waals surface area contributed by atoms with Crippen LogP contribution in [0, 0.1) is 5.92 Å². The van der Waals surface area contributed by atoms with Gasteiger partial charge >= 0.3 is 0 Å². The first-order valence-corrected chi connectivity index (χ1v) is 6.44. The zero-order valence-electron chi connectivity index (χ0n) is 10.8. The molecule has 0 saturated carbocycles. The van der Waals surface area contributed by atoms with Crippen molar-refractivity contribution >= 4 is 12.0 Å². The third kappa shape index (κ3) is 3.47. The summed E-state index contributed by atoms with van der Waals surface area (Å²) in [5.41, 5.74) is 0. The molecule has 1 aromatic rings. The fourth-order valence-electron chi connectivity index (χ4n) is 2.29. The molecule has 2 rings (SSSR count). The molecule has 98 valence electrons. The van der Waals surface area contributed by atoms with Crippen LogP contribution in [-0.2, 0) is 4.79 Å². The fraction of sp³-hybridized carbons (Fsp3) is 0.500. The Morgan fingerprint density at radius 2 is 2.33 bits per heavy atom. The van der Waals surface area contributed by atoms with E-state index < -0.39 is 0 Å². The number of hydrogen-bond donors (Lipinski definition) is 1. The fourth-order valence-corrected chi connectivity index (χ4v) is 2.29. The smallest absolute Gasteiger partial charge is 0.246 e. The van der Waals surface area contributed by atoms with Crippen molar-refractivity contribution < 1.29 is 9.21 Å². The number of nitrogens with zero attached hydrogens (tertiary/aromatic N) is 1. The predicted octanol–water partition coefficient (Wildman–Crippen LogP) is 1.75. The summed E-state index contributed by atoms with van der Waals surface area (Å²) >= 11 is 0. The molecule has 0 atom stereocenters. The van der Waals surface area contributed by atoms with Crippen LogP contribution in [0.25, 0.3) is 6.08 Å². The van der Waals surface area contributed by atoms with Crippen molar-refractivity contribution in [3.8, 4) is 0 Å². The molecular formula is C14H20N2O2. The van der Waals surface area contributed by atoms with Crippen LogP contribution >= 0.6 is 0 Å². The summed E-state index contributed by atoms with van der Waals surface area (Å²) in [7, 11) is 1.98. The third-order valence-corrected chi connectivity index (χ3v) is 3.35. The average Bonchev–Trinajstić information content (AvgIpc) is 2.90. The molecule has 1 fully saturated rings. The number of carbonyl (C=O) groups is 1. The van der Waals surface area contributed by atoms with E-state index in [-0.39, 0.29) is 5.91 Å². The van der Waals surface area contributed by atoms with Crippen molar-refractivity contribution in [1.82, 2.24) is 10.2 Å². The SMILES string of the molecule is CNCC1CCN(C(=O)C=Cc2ccco2)CC1. The molecule has 0 spiro atoms. The highest BCUT2D eigenvalue weighted by Crippen LogP contribution is 2.16. The molecule has 1 N–H and O–H groups in total. The lowest BCUT2D eigenvalue weighted by Crippen LogP contribution is -2.39. The molecule has 0 aliphatic carbocycles. The summed E-state index contributed by atoms with van der Waals surface area (Å²) in [5, 5.41) is 3.20. The van der Waals surface area contributed by atoms with Crippen molar-refractivity contribution in [1.29, 1.82) is 0 Å². The van der Waals surface area contributed by atoms with Gasteiger partial charge in [-0.05, 0) is 50.6 Å². The van der Waals surface area contributed by atoms with Crippen LogP contribution in [0.1, 0.15) is 18.6 Å². The molecule has 0 unspecified atom stereocenters. The Kier molecular flexibility index (Phi) is 4.59. The second-order valence-electron chi connectivity index (χ2n) is 4.68. The van der Waals surface area contributed by atoms with E-state index in [1.807, 2.05) is 24.1 Å². The third-order valence-electron chi connectivity index (χ3n) is 3.35. The minimum atomic E-state index is 0.0781. The number of rotatable bonds is 4. The Balaban J connectivity index is 1.80. The van der Waals surface area contributed by atoms with E-state index in [1.54, 1.807) is 18.4 Å². The first-order chi connectivity index (χ1) is 8.79. The van der Waals surface area contributed by atoms with E-state index in [2.05, 4.69) is 5.32 Å². The summed E-state index contributed by atoms with van der Waals surface area (Å²) in [4.78, 5) is 13.8. The Bertz CT molecular complexity index is 390. The molecular weight excluding hydrogens is 228 g/mol. The number of furan rings is 1. The Hall–Kier alpha value is -1.55.